The average Bonchev–Trinajstić information content (AvgIpc) is 2.67. The van der Waals surface area contributed by atoms with E-state index in [-0.39, 0.29) is 23.7 Å². The Kier molecular flexibility index (Phi) is 7.24. The van der Waals surface area contributed by atoms with E-state index in [1.54, 1.807) is 12.1 Å². The molecule has 7 heteroatoms. The quantitative estimate of drug-likeness (QED) is 0.630. The van der Waals surface area contributed by atoms with E-state index in [9.17, 15) is 14.0 Å². The number of carbonyl (C=O) groups is 2. The first-order valence-corrected chi connectivity index (χ1v) is 10.9. The molecule has 0 spiro atoms. The number of amides is 2. The molecule has 2 aliphatic heterocycles. The summed E-state index contributed by atoms with van der Waals surface area (Å²) >= 11 is 0. The lowest BCUT2D eigenvalue weighted by atomic mass is 9.96. The van der Waals surface area contributed by atoms with Gasteiger partial charge in [0, 0.05) is 17.8 Å². The molecule has 0 aromatic heterocycles. The summed E-state index contributed by atoms with van der Waals surface area (Å²) in [5.41, 5.74) is 0.489. The van der Waals surface area contributed by atoms with Crippen molar-refractivity contribution in [2.75, 3.05) is 38.0 Å². The molecule has 0 aliphatic carbocycles. The molecule has 0 saturated carbocycles. The van der Waals surface area contributed by atoms with Gasteiger partial charge in [0.25, 0.3) is 11.8 Å². The molecule has 1 aromatic rings. The van der Waals surface area contributed by atoms with Gasteiger partial charge in [-0.3, -0.25) is 9.59 Å². The maximum Gasteiger partial charge on any atom is 0.281 e. The third-order valence-corrected chi connectivity index (χ3v) is 6.55. The minimum absolute atomic E-state index is 0.0410. The number of benzene rings is 1. The molecule has 3 atom stereocenters. The number of quaternary nitrogens is 2. The van der Waals surface area contributed by atoms with Crippen LogP contribution in [0.3, 0.4) is 0 Å². The third-order valence-electron chi connectivity index (χ3n) is 6.55. The van der Waals surface area contributed by atoms with Gasteiger partial charge in [-0.15, -0.1) is 0 Å². The number of piperazine rings is 1. The highest BCUT2D eigenvalue weighted by Gasteiger charge is 2.38. The molecule has 0 unspecified atom stereocenters. The van der Waals surface area contributed by atoms with E-state index in [0.717, 1.165) is 39.0 Å². The Morgan fingerprint density at radius 2 is 1.83 bits per heavy atom. The highest BCUT2D eigenvalue weighted by atomic mass is 19.1. The lowest BCUT2D eigenvalue weighted by molar-refractivity contribution is -1.02. The molecule has 2 aliphatic rings. The normalized spacial score (nSPS) is 28.6. The minimum Gasteiger partial charge on any atom is -0.332 e. The molecule has 2 saturated heterocycles. The number of piperidine rings is 1. The molecular weight excluding hydrogens is 371 g/mol. The van der Waals surface area contributed by atoms with Crippen LogP contribution >= 0.6 is 0 Å². The van der Waals surface area contributed by atoms with E-state index in [1.165, 1.54) is 28.4 Å². The van der Waals surface area contributed by atoms with Crippen molar-refractivity contribution >= 4 is 17.5 Å². The SMILES string of the molecule is C[C@@H]1CCC[C@H](C)N1C(=O)[C@@H](C)[NH+]1CC[NH+](CC(=O)Nc2cccc(F)c2)CC1. The van der Waals surface area contributed by atoms with Gasteiger partial charge >= 0.3 is 0 Å². The lowest BCUT2D eigenvalue weighted by Gasteiger charge is -2.42. The number of rotatable bonds is 5. The fourth-order valence-corrected chi connectivity index (χ4v) is 4.79. The van der Waals surface area contributed by atoms with Crippen molar-refractivity contribution in [3.05, 3.63) is 30.1 Å². The van der Waals surface area contributed by atoms with Crippen molar-refractivity contribution in [3.63, 3.8) is 0 Å². The highest BCUT2D eigenvalue weighted by molar-refractivity contribution is 5.91. The Balaban J connectivity index is 1.47. The predicted molar refractivity (Wildman–Crippen MR) is 110 cm³/mol. The van der Waals surface area contributed by atoms with E-state index >= 15 is 0 Å². The van der Waals surface area contributed by atoms with Crippen LogP contribution in [0.2, 0.25) is 0 Å². The van der Waals surface area contributed by atoms with E-state index < -0.39 is 0 Å². The standard InChI is InChI=1S/C22H33FN4O2/c1-16-6-4-7-17(2)27(16)22(29)18(3)26-12-10-25(11-13-26)15-21(28)24-20-9-5-8-19(23)14-20/h5,8-9,14,16-18H,4,6-7,10-13,15H2,1-3H3,(H,24,28)/p+2/t16-,17+,18-/m1/s1. The summed E-state index contributed by atoms with van der Waals surface area (Å²) in [5.74, 6) is -0.190. The smallest absolute Gasteiger partial charge is 0.281 e. The average molecular weight is 407 g/mol. The molecule has 0 bridgehead atoms. The zero-order valence-electron chi connectivity index (χ0n) is 17.8. The van der Waals surface area contributed by atoms with Crippen LogP contribution in [0.25, 0.3) is 0 Å². The van der Waals surface area contributed by atoms with Crippen molar-refractivity contribution in [1.29, 1.82) is 0 Å². The van der Waals surface area contributed by atoms with Crippen LogP contribution in [0.5, 0.6) is 0 Å². The van der Waals surface area contributed by atoms with Gasteiger partial charge in [0.1, 0.15) is 32.0 Å². The number of halogens is 1. The van der Waals surface area contributed by atoms with Crippen molar-refractivity contribution in [1.82, 2.24) is 4.90 Å². The molecule has 0 radical (unpaired) electrons. The lowest BCUT2D eigenvalue weighted by Crippen LogP contribution is -3.30. The minimum atomic E-state index is -0.358. The first kappa shape index (κ1) is 21.7. The van der Waals surface area contributed by atoms with Gasteiger partial charge in [-0.25, -0.2) is 4.39 Å². The van der Waals surface area contributed by atoms with Crippen LogP contribution in [0.1, 0.15) is 40.0 Å². The van der Waals surface area contributed by atoms with E-state index in [0.29, 0.717) is 24.3 Å². The molecule has 2 heterocycles. The van der Waals surface area contributed by atoms with Crippen molar-refractivity contribution < 1.29 is 23.8 Å². The molecule has 29 heavy (non-hydrogen) atoms. The summed E-state index contributed by atoms with van der Waals surface area (Å²) in [7, 11) is 0. The van der Waals surface area contributed by atoms with Crippen LogP contribution in [0, 0.1) is 5.82 Å². The van der Waals surface area contributed by atoms with Crippen LogP contribution in [-0.2, 0) is 9.59 Å². The Morgan fingerprint density at radius 3 is 2.45 bits per heavy atom. The second-order valence-electron chi connectivity index (χ2n) is 8.74. The second-order valence-corrected chi connectivity index (χ2v) is 8.74. The summed E-state index contributed by atoms with van der Waals surface area (Å²) in [6.07, 6.45) is 3.39. The fourth-order valence-electron chi connectivity index (χ4n) is 4.79. The van der Waals surface area contributed by atoms with E-state index in [4.69, 9.17) is 0 Å². The van der Waals surface area contributed by atoms with Crippen molar-refractivity contribution in [2.24, 2.45) is 0 Å². The molecule has 160 valence electrons. The Labute approximate surface area is 173 Å². The molecule has 2 fully saturated rings. The van der Waals surface area contributed by atoms with Crippen LogP contribution < -0.4 is 15.1 Å². The Morgan fingerprint density at radius 1 is 1.17 bits per heavy atom. The summed E-state index contributed by atoms with van der Waals surface area (Å²) in [5, 5.41) is 2.77. The summed E-state index contributed by atoms with van der Waals surface area (Å²) in [4.78, 5) is 30.0. The predicted octanol–water partition coefficient (Wildman–Crippen LogP) is -0.274. The first-order valence-electron chi connectivity index (χ1n) is 10.9. The molecular formula is C22H35FN4O2+2. The molecule has 2 amide bonds. The number of carbonyl (C=O) groups excluding carboxylic acids is 2. The molecule has 1 aromatic carbocycles. The second kappa shape index (κ2) is 9.67. The molecule has 6 nitrogen and oxygen atoms in total. The number of likely N-dealkylation sites (tertiary alicyclic amines) is 1. The maximum atomic E-state index is 13.3. The van der Waals surface area contributed by atoms with Gasteiger partial charge in [-0.05, 0) is 58.2 Å². The van der Waals surface area contributed by atoms with Crippen LogP contribution in [0.15, 0.2) is 24.3 Å². The zero-order chi connectivity index (χ0) is 21.0. The number of nitrogens with zero attached hydrogens (tertiary/aromatic N) is 1. The topological polar surface area (TPSA) is 58.3 Å². The maximum absolute atomic E-state index is 13.3. The molecule has 3 rings (SSSR count). The van der Waals surface area contributed by atoms with Gasteiger partial charge in [0.2, 0.25) is 0 Å². The zero-order valence-corrected chi connectivity index (χ0v) is 17.8. The van der Waals surface area contributed by atoms with Gasteiger partial charge in [0.15, 0.2) is 12.6 Å². The monoisotopic (exact) mass is 406 g/mol. The Bertz CT molecular complexity index is 711. The largest absolute Gasteiger partial charge is 0.332 e. The summed E-state index contributed by atoms with van der Waals surface area (Å²) < 4.78 is 13.3. The summed E-state index contributed by atoms with van der Waals surface area (Å²) in [6.45, 7) is 10.2. The first-order chi connectivity index (χ1) is 13.8. The number of nitrogens with one attached hydrogen (secondary N) is 3. The van der Waals surface area contributed by atoms with Crippen molar-refractivity contribution in [3.8, 4) is 0 Å². The van der Waals surface area contributed by atoms with Crippen molar-refractivity contribution in [2.45, 2.75) is 58.2 Å². The number of anilines is 1. The molecule has 3 N–H and O–H groups in total. The van der Waals surface area contributed by atoms with Crippen LogP contribution in [0.4, 0.5) is 10.1 Å². The fraction of sp³-hybridized carbons (Fsp3) is 0.636. The van der Waals surface area contributed by atoms with Gasteiger partial charge in [0.05, 0.1) is 0 Å². The number of hydrogen-bond acceptors (Lipinski definition) is 2. The van der Waals surface area contributed by atoms with Gasteiger partial charge < -0.3 is 20.0 Å². The third kappa shape index (κ3) is 5.54. The van der Waals surface area contributed by atoms with Gasteiger partial charge in [-0.1, -0.05) is 6.07 Å². The Hall–Kier alpha value is -1.99. The van der Waals surface area contributed by atoms with E-state index in [2.05, 4.69) is 24.1 Å². The highest BCUT2D eigenvalue weighted by Crippen LogP contribution is 2.22. The summed E-state index contributed by atoms with van der Waals surface area (Å²) in [6, 6.07) is 6.57. The van der Waals surface area contributed by atoms with Crippen LogP contribution in [-0.4, -0.2) is 67.6 Å². The van der Waals surface area contributed by atoms with Gasteiger partial charge in [-0.2, -0.15) is 0 Å². The number of hydrogen-bond donors (Lipinski definition) is 3. The van der Waals surface area contributed by atoms with E-state index in [1.807, 2.05) is 6.92 Å².